The molecule has 1 amide bonds. The highest BCUT2D eigenvalue weighted by atomic mass is 19.4. The van der Waals surface area contributed by atoms with Gasteiger partial charge in [-0.1, -0.05) is 13.3 Å². The Hall–Kier alpha value is -2.58. The number of furan rings is 1. The molecule has 152 valence electrons. The molecule has 3 rings (SSSR count). The molecule has 1 saturated heterocycles. The van der Waals surface area contributed by atoms with Gasteiger partial charge >= 0.3 is 6.18 Å². The van der Waals surface area contributed by atoms with Gasteiger partial charge in [0.1, 0.15) is 17.1 Å². The Kier molecular flexibility index (Phi) is 6.21. The Bertz CT molecular complexity index is 791. The summed E-state index contributed by atoms with van der Waals surface area (Å²) in [5, 5.41) is 2.80. The van der Waals surface area contributed by atoms with Gasteiger partial charge in [0, 0.05) is 18.8 Å². The Balaban J connectivity index is 1.90. The Morgan fingerprint density at radius 3 is 2.89 bits per heavy atom. The van der Waals surface area contributed by atoms with Gasteiger partial charge in [-0.25, -0.2) is 9.97 Å². The molecule has 1 aliphatic heterocycles. The van der Waals surface area contributed by atoms with E-state index in [1.165, 1.54) is 6.26 Å². The molecule has 0 aliphatic carbocycles. The second kappa shape index (κ2) is 8.62. The van der Waals surface area contributed by atoms with Crippen LogP contribution < -0.4 is 5.32 Å². The Labute approximate surface area is 161 Å². The summed E-state index contributed by atoms with van der Waals surface area (Å²) >= 11 is 0. The highest BCUT2D eigenvalue weighted by Gasteiger charge is 2.36. The number of anilines is 1. The average molecular weight is 396 g/mol. The number of nitrogens with zero attached hydrogens (tertiary/aromatic N) is 3. The molecular formula is C19H23F3N4O2. The van der Waals surface area contributed by atoms with E-state index in [2.05, 4.69) is 22.2 Å². The molecule has 1 atom stereocenters. The summed E-state index contributed by atoms with van der Waals surface area (Å²) in [6, 6.07) is 3.45. The third-order valence-corrected chi connectivity index (χ3v) is 4.79. The predicted molar refractivity (Wildman–Crippen MR) is 96.7 cm³/mol. The summed E-state index contributed by atoms with van der Waals surface area (Å²) in [6.45, 7) is 2.75. The van der Waals surface area contributed by atoms with Crippen LogP contribution in [0.2, 0.25) is 0 Å². The molecule has 6 nitrogen and oxygen atoms in total. The molecule has 1 N–H and O–H groups in total. The number of rotatable bonds is 6. The smallest absolute Gasteiger partial charge is 0.451 e. The number of hydrogen-bond donors (Lipinski definition) is 1. The molecule has 0 bridgehead atoms. The first-order chi connectivity index (χ1) is 13.4. The van der Waals surface area contributed by atoms with Crippen molar-refractivity contribution in [1.29, 1.82) is 0 Å². The zero-order valence-corrected chi connectivity index (χ0v) is 15.6. The minimum absolute atomic E-state index is 0.0440. The molecule has 0 spiro atoms. The van der Waals surface area contributed by atoms with Crippen molar-refractivity contribution in [3.63, 3.8) is 0 Å². The van der Waals surface area contributed by atoms with Crippen molar-refractivity contribution < 1.29 is 22.4 Å². The lowest BCUT2D eigenvalue weighted by molar-refractivity contribution is -0.144. The van der Waals surface area contributed by atoms with Crippen LogP contribution in [0.4, 0.5) is 19.0 Å². The third kappa shape index (κ3) is 4.63. The normalized spacial score (nSPS) is 17.6. The second-order valence-corrected chi connectivity index (χ2v) is 6.82. The van der Waals surface area contributed by atoms with E-state index in [0.29, 0.717) is 12.3 Å². The standard InChI is InChI=1S/C19H23F3N4O2/c1-2-6-13-7-3-4-9-26(13)17(27)15-12-24-18(19(20,21)22)25-16(15)23-11-14-8-5-10-28-14/h5,8,10,12-13H,2-4,6-7,9,11H2,1H3,(H,23,24,25). The maximum Gasteiger partial charge on any atom is 0.451 e. The van der Waals surface area contributed by atoms with Gasteiger partial charge in [0.25, 0.3) is 5.91 Å². The third-order valence-electron chi connectivity index (χ3n) is 4.79. The van der Waals surface area contributed by atoms with Gasteiger partial charge in [0.05, 0.1) is 12.8 Å². The van der Waals surface area contributed by atoms with Crippen LogP contribution in [0, 0.1) is 0 Å². The number of hydrogen-bond acceptors (Lipinski definition) is 5. The first kappa shape index (κ1) is 20.2. The number of halogens is 3. The fraction of sp³-hybridized carbons (Fsp3) is 0.526. The van der Waals surface area contributed by atoms with Gasteiger partial charge in [-0.05, 0) is 37.8 Å². The number of carbonyl (C=O) groups excluding carboxylic acids is 1. The molecule has 2 aromatic heterocycles. The number of piperidine rings is 1. The molecule has 1 fully saturated rings. The molecule has 0 radical (unpaired) electrons. The van der Waals surface area contributed by atoms with E-state index in [0.717, 1.165) is 38.3 Å². The largest absolute Gasteiger partial charge is 0.467 e. The van der Waals surface area contributed by atoms with Crippen LogP contribution in [0.5, 0.6) is 0 Å². The number of alkyl halides is 3. The van der Waals surface area contributed by atoms with Crippen LogP contribution in [0.1, 0.15) is 61.0 Å². The molecule has 0 aromatic carbocycles. The summed E-state index contributed by atoms with van der Waals surface area (Å²) in [4.78, 5) is 21.9. The quantitative estimate of drug-likeness (QED) is 0.779. The summed E-state index contributed by atoms with van der Waals surface area (Å²) < 4.78 is 44.4. The van der Waals surface area contributed by atoms with Crippen molar-refractivity contribution in [3.05, 3.63) is 41.7 Å². The molecule has 1 aliphatic rings. The number of amides is 1. The molecule has 3 heterocycles. The van der Waals surface area contributed by atoms with Gasteiger partial charge in [-0.15, -0.1) is 0 Å². The molecule has 0 saturated carbocycles. The van der Waals surface area contributed by atoms with Crippen LogP contribution >= 0.6 is 0 Å². The van der Waals surface area contributed by atoms with Gasteiger partial charge < -0.3 is 14.6 Å². The van der Waals surface area contributed by atoms with Gasteiger partial charge in [0.15, 0.2) is 0 Å². The van der Waals surface area contributed by atoms with E-state index < -0.39 is 12.0 Å². The first-order valence-corrected chi connectivity index (χ1v) is 9.41. The SMILES string of the molecule is CCCC1CCCCN1C(=O)c1cnc(C(F)(F)F)nc1NCc1ccco1. The zero-order valence-electron chi connectivity index (χ0n) is 15.6. The Morgan fingerprint density at radius 2 is 2.21 bits per heavy atom. The fourth-order valence-electron chi connectivity index (χ4n) is 3.45. The number of aromatic nitrogens is 2. The molecular weight excluding hydrogens is 373 g/mol. The van der Waals surface area contributed by atoms with Crippen LogP contribution in [-0.4, -0.2) is 33.4 Å². The first-order valence-electron chi connectivity index (χ1n) is 9.41. The maximum atomic E-state index is 13.1. The molecule has 28 heavy (non-hydrogen) atoms. The van der Waals surface area contributed by atoms with Gasteiger partial charge in [-0.2, -0.15) is 13.2 Å². The predicted octanol–water partition coefficient (Wildman–Crippen LogP) is 4.50. The summed E-state index contributed by atoms with van der Waals surface area (Å²) in [5.74, 6) is -1.24. The summed E-state index contributed by atoms with van der Waals surface area (Å²) in [6.07, 6.45) is 2.36. The highest BCUT2D eigenvalue weighted by Crippen LogP contribution is 2.29. The molecule has 2 aromatic rings. The van der Waals surface area contributed by atoms with Crippen molar-refractivity contribution in [2.75, 3.05) is 11.9 Å². The maximum absolute atomic E-state index is 13.1. The van der Waals surface area contributed by atoms with E-state index in [1.54, 1.807) is 17.0 Å². The lowest BCUT2D eigenvalue weighted by Crippen LogP contribution is -2.44. The van der Waals surface area contributed by atoms with E-state index in [1.807, 2.05) is 0 Å². The topological polar surface area (TPSA) is 71.3 Å². The van der Waals surface area contributed by atoms with E-state index in [9.17, 15) is 18.0 Å². The minimum Gasteiger partial charge on any atom is -0.467 e. The van der Waals surface area contributed by atoms with Crippen molar-refractivity contribution in [1.82, 2.24) is 14.9 Å². The van der Waals surface area contributed by atoms with Crippen molar-refractivity contribution in [2.24, 2.45) is 0 Å². The number of carbonyl (C=O) groups is 1. The van der Waals surface area contributed by atoms with Crippen LogP contribution in [0.3, 0.4) is 0 Å². The fourth-order valence-corrected chi connectivity index (χ4v) is 3.45. The average Bonchev–Trinajstić information content (AvgIpc) is 3.19. The van der Waals surface area contributed by atoms with E-state index in [-0.39, 0.29) is 29.9 Å². The molecule has 1 unspecified atom stereocenters. The van der Waals surface area contributed by atoms with Crippen LogP contribution in [0.15, 0.2) is 29.0 Å². The van der Waals surface area contributed by atoms with Crippen molar-refractivity contribution >= 4 is 11.7 Å². The molecule has 9 heteroatoms. The highest BCUT2D eigenvalue weighted by molar-refractivity contribution is 5.98. The number of likely N-dealkylation sites (tertiary alicyclic amines) is 1. The summed E-state index contributed by atoms with van der Waals surface area (Å²) in [7, 11) is 0. The minimum atomic E-state index is -4.70. The Morgan fingerprint density at radius 1 is 1.39 bits per heavy atom. The monoisotopic (exact) mass is 396 g/mol. The van der Waals surface area contributed by atoms with Crippen molar-refractivity contribution in [3.8, 4) is 0 Å². The van der Waals surface area contributed by atoms with E-state index >= 15 is 0 Å². The summed E-state index contributed by atoms with van der Waals surface area (Å²) in [5.41, 5.74) is 0.0440. The van der Waals surface area contributed by atoms with Gasteiger partial charge in [-0.3, -0.25) is 4.79 Å². The van der Waals surface area contributed by atoms with Crippen LogP contribution in [-0.2, 0) is 12.7 Å². The number of nitrogens with one attached hydrogen (secondary N) is 1. The lowest BCUT2D eigenvalue weighted by atomic mass is 9.97. The van der Waals surface area contributed by atoms with Gasteiger partial charge in [0.2, 0.25) is 5.82 Å². The van der Waals surface area contributed by atoms with Crippen LogP contribution in [0.25, 0.3) is 0 Å². The van der Waals surface area contributed by atoms with Crippen molar-refractivity contribution in [2.45, 2.75) is 57.8 Å². The lowest BCUT2D eigenvalue weighted by Gasteiger charge is -2.36. The van der Waals surface area contributed by atoms with E-state index in [4.69, 9.17) is 4.42 Å². The second-order valence-electron chi connectivity index (χ2n) is 6.82. The zero-order chi connectivity index (χ0) is 20.1.